The van der Waals surface area contributed by atoms with Gasteiger partial charge in [-0.05, 0) is 18.8 Å². The average Bonchev–Trinajstić information content (AvgIpc) is 2.23. The van der Waals surface area contributed by atoms with Crippen LogP contribution >= 0.6 is 0 Å². The minimum Gasteiger partial charge on any atom is -0.390 e. The van der Waals surface area contributed by atoms with E-state index in [1.807, 2.05) is 6.92 Å². The number of carbonyl (C=O) groups is 2. The lowest BCUT2D eigenvalue weighted by Gasteiger charge is -2.13. The summed E-state index contributed by atoms with van der Waals surface area (Å²) in [6.07, 6.45) is 4.60. The molecule has 0 aliphatic heterocycles. The van der Waals surface area contributed by atoms with Crippen LogP contribution in [0.3, 0.4) is 0 Å². The Balaban J connectivity index is 4.01. The summed E-state index contributed by atoms with van der Waals surface area (Å²) < 4.78 is 4.61. The fourth-order valence-electron chi connectivity index (χ4n) is 1.49. The van der Waals surface area contributed by atoms with E-state index in [1.165, 1.54) is 0 Å². The minimum absolute atomic E-state index is 0.164. The second-order valence-corrected chi connectivity index (χ2v) is 4.37. The maximum absolute atomic E-state index is 11.5. The van der Waals surface area contributed by atoms with Crippen molar-refractivity contribution < 1.29 is 14.3 Å². The predicted octanol–water partition coefficient (Wildman–Crippen LogP) is 3.09. The molecule has 3 heteroatoms. The molecule has 0 heterocycles. The Morgan fingerprint density at radius 1 is 1.31 bits per heavy atom. The molecule has 92 valence electrons. The quantitative estimate of drug-likeness (QED) is 0.380. The van der Waals surface area contributed by atoms with Gasteiger partial charge in [0, 0.05) is 6.08 Å². The summed E-state index contributed by atoms with van der Waals surface area (Å²) in [4.78, 5) is 22.4. The van der Waals surface area contributed by atoms with Gasteiger partial charge in [0.05, 0.1) is 5.92 Å². The van der Waals surface area contributed by atoms with Gasteiger partial charge in [-0.3, -0.25) is 4.79 Å². The smallest absolute Gasteiger partial charge is 0.337 e. The van der Waals surface area contributed by atoms with Crippen LogP contribution in [0.15, 0.2) is 12.7 Å². The molecule has 0 saturated heterocycles. The van der Waals surface area contributed by atoms with E-state index in [9.17, 15) is 9.59 Å². The number of hydrogen-bond donors (Lipinski definition) is 0. The van der Waals surface area contributed by atoms with Gasteiger partial charge in [-0.25, -0.2) is 4.79 Å². The molecule has 0 amide bonds. The third-order valence-electron chi connectivity index (χ3n) is 2.53. The highest BCUT2D eigenvalue weighted by Crippen LogP contribution is 2.17. The zero-order valence-electron chi connectivity index (χ0n) is 10.5. The molecular weight excluding hydrogens is 204 g/mol. The fraction of sp³-hybridized carbons (Fsp3) is 0.692. The van der Waals surface area contributed by atoms with Crippen molar-refractivity contribution in [3.05, 3.63) is 12.7 Å². The van der Waals surface area contributed by atoms with Crippen molar-refractivity contribution in [3.63, 3.8) is 0 Å². The first-order valence-electron chi connectivity index (χ1n) is 5.89. The van der Waals surface area contributed by atoms with Crippen molar-refractivity contribution in [2.24, 2.45) is 11.8 Å². The number of carbonyl (C=O) groups excluding carboxylic acids is 2. The van der Waals surface area contributed by atoms with Crippen LogP contribution in [0.1, 0.15) is 46.5 Å². The molecule has 0 aromatic carbocycles. The van der Waals surface area contributed by atoms with Gasteiger partial charge in [0.1, 0.15) is 0 Å². The highest BCUT2D eigenvalue weighted by atomic mass is 16.6. The molecule has 0 radical (unpaired) electrons. The molecule has 3 nitrogen and oxygen atoms in total. The van der Waals surface area contributed by atoms with Crippen LogP contribution in [0.25, 0.3) is 0 Å². The summed E-state index contributed by atoms with van der Waals surface area (Å²) in [5, 5.41) is 0. The number of ether oxygens (including phenoxy) is 1. The van der Waals surface area contributed by atoms with Gasteiger partial charge in [-0.1, -0.05) is 40.2 Å². The topological polar surface area (TPSA) is 43.4 Å². The van der Waals surface area contributed by atoms with Crippen LogP contribution in [-0.2, 0) is 14.3 Å². The predicted molar refractivity (Wildman–Crippen MR) is 63.8 cm³/mol. The van der Waals surface area contributed by atoms with E-state index in [4.69, 9.17) is 0 Å². The van der Waals surface area contributed by atoms with Crippen molar-refractivity contribution in [1.29, 1.82) is 0 Å². The van der Waals surface area contributed by atoms with Crippen molar-refractivity contribution in [1.82, 2.24) is 0 Å². The van der Waals surface area contributed by atoms with Gasteiger partial charge >= 0.3 is 11.9 Å². The molecule has 0 aliphatic rings. The molecule has 0 aliphatic carbocycles. The SMILES string of the molecule is C=CC(=O)OC(=O)C(CC)CCCC(C)C. The van der Waals surface area contributed by atoms with Crippen molar-refractivity contribution in [3.8, 4) is 0 Å². The Bertz CT molecular complexity index is 244. The van der Waals surface area contributed by atoms with Gasteiger partial charge in [-0.2, -0.15) is 0 Å². The summed E-state index contributed by atoms with van der Waals surface area (Å²) in [6.45, 7) is 9.49. The minimum atomic E-state index is -0.660. The molecule has 0 rings (SSSR count). The van der Waals surface area contributed by atoms with Gasteiger partial charge in [0.15, 0.2) is 0 Å². The molecule has 0 aromatic rings. The lowest BCUT2D eigenvalue weighted by atomic mass is 9.96. The van der Waals surface area contributed by atoms with Crippen LogP contribution in [0.4, 0.5) is 0 Å². The van der Waals surface area contributed by atoms with E-state index in [-0.39, 0.29) is 5.92 Å². The van der Waals surface area contributed by atoms with E-state index in [0.717, 1.165) is 25.3 Å². The highest BCUT2D eigenvalue weighted by molar-refractivity contribution is 5.92. The van der Waals surface area contributed by atoms with Gasteiger partial charge in [-0.15, -0.1) is 0 Å². The van der Waals surface area contributed by atoms with E-state index in [2.05, 4.69) is 25.2 Å². The lowest BCUT2D eigenvalue weighted by molar-refractivity contribution is -0.159. The third kappa shape index (κ3) is 6.38. The summed E-state index contributed by atoms with van der Waals surface area (Å²) in [6, 6.07) is 0. The Kier molecular flexibility index (Phi) is 7.52. The summed E-state index contributed by atoms with van der Waals surface area (Å²) in [5.41, 5.74) is 0. The lowest BCUT2D eigenvalue weighted by Crippen LogP contribution is -2.20. The number of hydrogen-bond acceptors (Lipinski definition) is 3. The molecule has 16 heavy (non-hydrogen) atoms. The molecule has 0 bridgehead atoms. The molecule has 0 aromatic heterocycles. The number of rotatable bonds is 7. The van der Waals surface area contributed by atoms with Gasteiger partial charge < -0.3 is 4.74 Å². The van der Waals surface area contributed by atoms with Crippen LogP contribution < -0.4 is 0 Å². The first-order chi connectivity index (χ1) is 7.51. The van der Waals surface area contributed by atoms with Crippen LogP contribution in [0.2, 0.25) is 0 Å². The molecule has 1 atom stereocenters. The zero-order chi connectivity index (χ0) is 12.6. The average molecular weight is 226 g/mol. The first kappa shape index (κ1) is 14.9. The van der Waals surface area contributed by atoms with E-state index >= 15 is 0 Å². The molecular formula is C13H22O3. The Labute approximate surface area is 97.9 Å². The maximum atomic E-state index is 11.5. The molecule has 1 unspecified atom stereocenters. The monoisotopic (exact) mass is 226 g/mol. The van der Waals surface area contributed by atoms with E-state index in [0.29, 0.717) is 12.3 Å². The molecule has 0 fully saturated rings. The summed E-state index contributed by atoms with van der Waals surface area (Å²) in [7, 11) is 0. The van der Waals surface area contributed by atoms with Gasteiger partial charge in [0.2, 0.25) is 0 Å². The van der Waals surface area contributed by atoms with Crippen LogP contribution in [-0.4, -0.2) is 11.9 Å². The molecule has 0 saturated carbocycles. The first-order valence-corrected chi connectivity index (χ1v) is 5.89. The Morgan fingerprint density at radius 3 is 2.38 bits per heavy atom. The number of esters is 2. The maximum Gasteiger partial charge on any atom is 0.337 e. The van der Waals surface area contributed by atoms with Crippen molar-refractivity contribution >= 4 is 11.9 Å². The van der Waals surface area contributed by atoms with Crippen LogP contribution in [0.5, 0.6) is 0 Å². The van der Waals surface area contributed by atoms with Crippen molar-refractivity contribution in [2.45, 2.75) is 46.5 Å². The summed E-state index contributed by atoms with van der Waals surface area (Å²) in [5.74, 6) is -0.602. The van der Waals surface area contributed by atoms with E-state index < -0.39 is 11.9 Å². The zero-order valence-corrected chi connectivity index (χ0v) is 10.5. The standard InChI is InChI=1S/C13H22O3/c1-5-11(9-7-8-10(3)4)13(15)16-12(14)6-2/h6,10-11H,2,5,7-9H2,1,3-4H3. The van der Waals surface area contributed by atoms with Crippen molar-refractivity contribution in [2.75, 3.05) is 0 Å². The third-order valence-corrected chi connectivity index (χ3v) is 2.53. The van der Waals surface area contributed by atoms with Gasteiger partial charge in [0.25, 0.3) is 0 Å². The van der Waals surface area contributed by atoms with E-state index in [1.54, 1.807) is 0 Å². The Morgan fingerprint density at radius 2 is 1.94 bits per heavy atom. The summed E-state index contributed by atoms with van der Waals surface area (Å²) >= 11 is 0. The fourth-order valence-corrected chi connectivity index (χ4v) is 1.49. The molecule has 0 N–H and O–H groups in total. The Hall–Kier alpha value is -1.12. The normalized spacial score (nSPS) is 12.2. The molecule has 0 spiro atoms. The highest BCUT2D eigenvalue weighted by Gasteiger charge is 2.19. The second-order valence-electron chi connectivity index (χ2n) is 4.37. The largest absolute Gasteiger partial charge is 0.390 e. The second kappa shape index (κ2) is 8.08. The van der Waals surface area contributed by atoms with Crippen LogP contribution in [0, 0.1) is 11.8 Å².